The summed E-state index contributed by atoms with van der Waals surface area (Å²) in [7, 11) is 0. The lowest BCUT2D eigenvalue weighted by Crippen LogP contribution is -2.14. The summed E-state index contributed by atoms with van der Waals surface area (Å²) in [4.78, 5) is 1.89. The Morgan fingerprint density at radius 3 is 2.59 bits per heavy atom. The maximum atomic E-state index is 13.7. The molecule has 0 N–H and O–H groups in total. The maximum Gasteiger partial charge on any atom is 0.149 e. The molecule has 2 aromatic carbocycles. The van der Waals surface area contributed by atoms with Crippen molar-refractivity contribution in [1.29, 1.82) is 0 Å². The molecule has 0 aliphatic carbocycles. The highest BCUT2D eigenvalue weighted by Crippen LogP contribution is 2.35. The Labute approximate surface area is 98.3 Å². The first-order valence-corrected chi connectivity index (χ1v) is 5.56. The van der Waals surface area contributed by atoms with E-state index in [1.165, 1.54) is 17.7 Å². The Balaban J connectivity index is 2.07. The van der Waals surface area contributed by atoms with E-state index < -0.39 is 11.6 Å². The number of para-hydroxylation sites is 1. The van der Waals surface area contributed by atoms with Gasteiger partial charge in [0.25, 0.3) is 0 Å². The normalized spacial score (nSPS) is 13.9. The molecule has 86 valence electrons. The van der Waals surface area contributed by atoms with Crippen LogP contribution in [-0.4, -0.2) is 6.54 Å². The van der Waals surface area contributed by atoms with Crippen molar-refractivity contribution in [2.24, 2.45) is 0 Å². The molecule has 0 radical (unpaired) electrons. The Hall–Kier alpha value is -1.90. The summed E-state index contributed by atoms with van der Waals surface area (Å²) in [6, 6.07) is 11.6. The summed E-state index contributed by atoms with van der Waals surface area (Å²) in [5.41, 5.74) is 2.66. The van der Waals surface area contributed by atoms with E-state index in [0.29, 0.717) is 5.69 Å². The summed E-state index contributed by atoms with van der Waals surface area (Å²) in [5.74, 6) is -1.06. The Kier molecular flexibility index (Phi) is 2.32. The van der Waals surface area contributed by atoms with Gasteiger partial charge in [0.1, 0.15) is 11.6 Å². The lowest BCUT2D eigenvalue weighted by Gasteiger charge is -2.20. The highest BCUT2D eigenvalue weighted by molar-refractivity contribution is 5.70. The minimum absolute atomic E-state index is 0.441. The van der Waals surface area contributed by atoms with Gasteiger partial charge < -0.3 is 4.90 Å². The second-order valence-electron chi connectivity index (χ2n) is 4.13. The average Bonchev–Trinajstić information content (AvgIpc) is 2.73. The summed E-state index contributed by atoms with van der Waals surface area (Å²) in [6.45, 7) is 0.738. The summed E-state index contributed by atoms with van der Waals surface area (Å²) < 4.78 is 26.6. The number of benzene rings is 2. The van der Waals surface area contributed by atoms with Gasteiger partial charge >= 0.3 is 0 Å². The van der Waals surface area contributed by atoms with Crippen molar-refractivity contribution in [1.82, 2.24) is 0 Å². The molecule has 0 atom stereocenters. The maximum absolute atomic E-state index is 13.7. The van der Waals surface area contributed by atoms with E-state index in [2.05, 4.69) is 0 Å². The van der Waals surface area contributed by atoms with Gasteiger partial charge in [-0.15, -0.1) is 0 Å². The molecule has 1 nitrogen and oxygen atoms in total. The number of hydrogen-bond acceptors (Lipinski definition) is 1. The molecule has 0 saturated heterocycles. The number of anilines is 2. The third-order valence-corrected chi connectivity index (χ3v) is 3.09. The highest BCUT2D eigenvalue weighted by atomic mass is 19.1. The van der Waals surface area contributed by atoms with Crippen molar-refractivity contribution in [3.63, 3.8) is 0 Å². The molecule has 0 saturated carbocycles. The van der Waals surface area contributed by atoms with Gasteiger partial charge in [0.2, 0.25) is 0 Å². The molecule has 0 bridgehead atoms. The van der Waals surface area contributed by atoms with Gasteiger partial charge in [-0.1, -0.05) is 18.2 Å². The predicted molar refractivity (Wildman–Crippen MR) is 63.5 cm³/mol. The fourth-order valence-electron chi connectivity index (χ4n) is 2.29. The largest absolute Gasteiger partial charge is 0.339 e. The molecule has 0 aromatic heterocycles. The van der Waals surface area contributed by atoms with Crippen molar-refractivity contribution in [2.75, 3.05) is 11.4 Å². The van der Waals surface area contributed by atoms with Crippen molar-refractivity contribution in [2.45, 2.75) is 6.42 Å². The monoisotopic (exact) mass is 231 g/mol. The van der Waals surface area contributed by atoms with E-state index in [1.54, 1.807) is 0 Å². The van der Waals surface area contributed by atoms with Crippen LogP contribution in [-0.2, 0) is 6.42 Å². The molecule has 2 aromatic rings. The molecule has 17 heavy (non-hydrogen) atoms. The highest BCUT2D eigenvalue weighted by Gasteiger charge is 2.22. The van der Waals surface area contributed by atoms with Crippen LogP contribution in [0.4, 0.5) is 20.2 Å². The number of nitrogens with zero attached hydrogens (tertiary/aromatic N) is 1. The van der Waals surface area contributed by atoms with Crippen molar-refractivity contribution in [3.05, 3.63) is 59.7 Å². The van der Waals surface area contributed by atoms with E-state index >= 15 is 0 Å². The second kappa shape index (κ2) is 3.84. The first-order chi connectivity index (χ1) is 8.25. The minimum atomic E-state index is -0.543. The molecule has 3 heteroatoms. The van der Waals surface area contributed by atoms with Gasteiger partial charge in [-0.3, -0.25) is 0 Å². The van der Waals surface area contributed by atoms with Crippen LogP contribution in [0.2, 0.25) is 0 Å². The zero-order valence-corrected chi connectivity index (χ0v) is 9.16. The van der Waals surface area contributed by atoms with Crippen molar-refractivity contribution < 1.29 is 8.78 Å². The van der Waals surface area contributed by atoms with Gasteiger partial charge in [0, 0.05) is 18.3 Å². The summed E-state index contributed by atoms with van der Waals surface area (Å²) >= 11 is 0. The molecular weight excluding hydrogens is 220 g/mol. The fourth-order valence-corrected chi connectivity index (χ4v) is 2.29. The van der Waals surface area contributed by atoms with Gasteiger partial charge in [-0.25, -0.2) is 8.78 Å². The first-order valence-electron chi connectivity index (χ1n) is 5.56. The third kappa shape index (κ3) is 1.68. The summed E-state index contributed by atoms with van der Waals surface area (Å²) in [5, 5.41) is 0. The Morgan fingerprint density at radius 2 is 1.76 bits per heavy atom. The molecular formula is C14H11F2N. The lowest BCUT2D eigenvalue weighted by atomic mass is 10.2. The van der Waals surface area contributed by atoms with E-state index in [1.807, 2.05) is 29.2 Å². The minimum Gasteiger partial charge on any atom is -0.339 e. The number of hydrogen-bond donors (Lipinski definition) is 0. The standard InChI is InChI=1S/C14H11F2N/c15-11-5-6-14(12(16)9-11)17-8-7-10-3-1-2-4-13(10)17/h1-6,9H,7-8H2. The van der Waals surface area contributed by atoms with Crippen LogP contribution in [0.25, 0.3) is 0 Å². The zero-order chi connectivity index (χ0) is 11.8. The molecule has 0 unspecified atom stereocenters. The van der Waals surface area contributed by atoms with Gasteiger partial charge in [0.15, 0.2) is 0 Å². The number of halogens is 2. The first kappa shape index (κ1) is 10.3. The molecule has 3 rings (SSSR count). The van der Waals surface area contributed by atoms with Gasteiger partial charge in [0.05, 0.1) is 5.69 Å². The molecule has 1 aliphatic rings. The predicted octanol–water partition coefficient (Wildman–Crippen LogP) is 3.66. The summed E-state index contributed by atoms with van der Waals surface area (Å²) in [6.07, 6.45) is 0.896. The molecule has 0 amide bonds. The SMILES string of the molecule is Fc1ccc(N2CCc3ccccc32)c(F)c1. The van der Waals surface area contributed by atoms with Crippen LogP contribution in [0.3, 0.4) is 0 Å². The van der Waals surface area contributed by atoms with E-state index in [4.69, 9.17) is 0 Å². The average molecular weight is 231 g/mol. The van der Waals surface area contributed by atoms with E-state index in [0.717, 1.165) is 24.7 Å². The molecule has 1 aliphatic heterocycles. The number of rotatable bonds is 1. The van der Waals surface area contributed by atoms with Crippen LogP contribution < -0.4 is 4.90 Å². The van der Waals surface area contributed by atoms with Crippen LogP contribution in [0, 0.1) is 11.6 Å². The number of fused-ring (bicyclic) bond motifs is 1. The van der Waals surface area contributed by atoms with Crippen LogP contribution >= 0.6 is 0 Å². The second-order valence-corrected chi connectivity index (χ2v) is 4.13. The molecule has 0 fully saturated rings. The lowest BCUT2D eigenvalue weighted by molar-refractivity contribution is 0.583. The smallest absolute Gasteiger partial charge is 0.149 e. The topological polar surface area (TPSA) is 3.24 Å². The van der Waals surface area contributed by atoms with E-state index in [9.17, 15) is 8.78 Å². The quantitative estimate of drug-likeness (QED) is 0.724. The zero-order valence-electron chi connectivity index (χ0n) is 9.16. The molecule has 1 heterocycles. The van der Waals surface area contributed by atoms with Gasteiger partial charge in [-0.05, 0) is 30.2 Å². The Morgan fingerprint density at radius 1 is 0.941 bits per heavy atom. The van der Waals surface area contributed by atoms with Gasteiger partial charge in [-0.2, -0.15) is 0 Å². The fraction of sp³-hybridized carbons (Fsp3) is 0.143. The van der Waals surface area contributed by atoms with Crippen LogP contribution in [0.1, 0.15) is 5.56 Å². The Bertz CT molecular complexity index is 566. The van der Waals surface area contributed by atoms with Crippen LogP contribution in [0.15, 0.2) is 42.5 Å². The van der Waals surface area contributed by atoms with E-state index in [-0.39, 0.29) is 0 Å². The third-order valence-electron chi connectivity index (χ3n) is 3.09. The van der Waals surface area contributed by atoms with Crippen LogP contribution in [0.5, 0.6) is 0 Å². The van der Waals surface area contributed by atoms with Crippen molar-refractivity contribution >= 4 is 11.4 Å². The molecule has 0 spiro atoms. The van der Waals surface area contributed by atoms with Crippen molar-refractivity contribution in [3.8, 4) is 0 Å².